The molecule has 0 saturated heterocycles. The van der Waals surface area contributed by atoms with Crippen molar-refractivity contribution in [3.8, 4) is 0 Å². The first-order valence-electron chi connectivity index (χ1n) is 3.54. The molecule has 0 spiro atoms. The summed E-state index contributed by atoms with van der Waals surface area (Å²) in [7, 11) is 0. The lowest BCUT2D eigenvalue weighted by atomic mass is 10.0. The van der Waals surface area contributed by atoms with Crippen molar-refractivity contribution in [1.82, 2.24) is 4.98 Å². The van der Waals surface area contributed by atoms with Gasteiger partial charge in [-0.3, -0.25) is 14.6 Å². The van der Waals surface area contributed by atoms with Crippen LogP contribution in [0.25, 0.3) is 0 Å². The molecule has 1 amide bonds. The van der Waals surface area contributed by atoms with E-state index in [0.717, 1.165) is 0 Å². The zero-order chi connectivity index (χ0) is 8.55. The molecule has 1 N–H and O–H groups in total. The van der Waals surface area contributed by atoms with Crippen molar-refractivity contribution in [2.24, 2.45) is 0 Å². The second-order valence-corrected chi connectivity index (χ2v) is 2.57. The molecular weight excluding hydrogens is 156 g/mol. The average Bonchev–Trinajstić information content (AvgIpc) is 2.04. The molecule has 0 saturated carbocycles. The highest BCUT2D eigenvalue weighted by Gasteiger charge is 2.21. The summed E-state index contributed by atoms with van der Waals surface area (Å²) in [6.07, 6.45) is 2.95. The Morgan fingerprint density at radius 3 is 3.08 bits per heavy atom. The second kappa shape index (κ2) is 2.41. The normalized spacial score (nSPS) is 15.3. The van der Waals surface area contributed by atoms with E-state index in [1.54, 1.807) is 6.07 Å². The zero-order valence-electron chi connectivity index (χ0n) is 6.20. The van der Waals surface area contributed by atoms with Gasteiger partial charge in [-0.1, -0.05) is 0 Å². The van der Waals surface area contributed by atoms with E-state index < -0.39 is 0 Å². The van der Waals surface area contributed by atoms with Crippen LogP contribution in [0, 0.1) is 0 Å². The lowest BCUT2D eigenvalue weighted by Gasteiger charge is -2.13. The predicted molar refractivity (Wildman–Crippen MR) is 41.8 cm³/mol. The van der Waals surface area contributed by atoms with Crippen molar-refractivity contribution in [2.75, 3.05) is 5.32 Å². The van der Waals surface area contributed by atoms with E-state index in [4.69, 9.17) is 0 Å². The number of pyridine rings is 1. The number of anilines is 1. The van der Waals surface area contributed by atoms with Gasteiger partial charge in [0.1, 0.15) is 0 Å². The summed E-state index contributed by atoms with van der Waals surface area (Å²) < 4.78 is 0. The lowest BCUT2D eigenvalue weighted by molar-refractivity contribution is -0.115. The third kappa shape index (κ3) is 0.972. The van der Waals surface area contributed by atoms with E-state index in [0.29, 0.717) is 11.3 Å². The van der Waals surface area contributed by atoms with Crippen molar-refractivity contribution in [1.29, 1.82) is 0 Å². The van der Waals surface area contributed by atoms with Crippen molar-refractivity contribution in [2.45, 2.75) is 6.42 Å². The first-order chi connectivity index (χ1) is 5.77. The fourth-order valence-electron chi connectivity index (χ4n) is 1.17. The molecule has 0 unspecified atom stereocenters. The maximum atomic E-state index is 11.2. The molecule has 0 aliphatic carbocycles. The van der Waals surface area contributed by atoms with E-state index in [9.17, 15) is 9.59 Å². The first-order valence-corrected chi connectivity index (χ1v) is 3.54. The number of hydrogen-bond donors (Lipinski definition) is 1. The third-order valence-electron chi connectivity index (χ3n) is 1.72. The minimum atomic E-state index is -0.263. The van der Waals surface area contributed by atoms with E-state index in [1.807, 2.05) is 0 Å². The van der Waals surface area contributed by atoms with Gasteiger partial charge in [0.2, 0.25) is 5.91 Å². The minimum absolute atomic E-state index is 0.0585. The fourth-order valence-corrected chi connectivity index (χ4v) is 1.17. The number of aromatic nitrogens is 1. The average molecular weight is 162 g/mol. The van der Waals surface area contributed by atoms with Crippen LogP contribution < -0.4 is 5.32 Å². The van der Waals surface area contributed by atoms with Gasteiger partial charge in [-0.05, 0) is 6.07 Å². The van der Waals surface area contributed by atoms with Crippen molar-refractivity contribution < 1.29 is 9.59 Å². The Morgan fingerprint density at radius 1 is 1.42 bits per heavy atom. The minimum Gasteiger partial charge on any atom is -0.324 e. The summed E-state index contributed by atoms with van der Waals surface area (Å²) in [4.78, 5) is 25.9. The number of ketones is 1. The molecule has 0 fully saturated rings. The van der Waals surface area contributed by atoms with E-state index in [-0.39, 0.29) is 18.1 Å². The van der Waals surface area contributed by atoms with Gasteiger partial charge >= 0.3 is 0 Å². The number of rotatable bonds is 0. The molecule has 0 atom stereocenters. The molecular formula is C8H6N2O2. The van der Waals surface area contributed by atoms with Crippen LogP contribution in [0.5, 0.6) is 0 Å². The van der Waals surface area contributed by atoms with Gasteiger partial charge in [0.05, 0.1) is 18.3 Å². The second-order valence-electron chi connectivity index (χ2n) is 2.57. The molecule has 2 rings (SSSR count). The quantitative estimate of drug-likeness (QED) is 0.568. The van der Waals surface area contributed by atoms with E-state index in [1.165, 1.54) is 12.4 Å². The molecule has 4 heteroatoms. The summed E-state index contributed by atoms with van der Waals surface area (Å²) in [6, 6.07) is 1.61. The third-order valence-corrected chi connectivity index (χ3v) is 1.72. The summed E-state index contributed by atoms with van der Waals surface area (Å²) in [5.41, 5.74) is 1.06. The molecule has 0 radical (unpaired) electrons. The topological polar surface area (TPSA) is 59.1 Å². The SMILES string of the molecule is O=C1CC(=O)c2ccncc2N1. The van der Waals surface area contributed by atoms with Crippen LogP contribution in [0.3, 0.4) is 0 Å². The standard InChI is InChI=1S/C8H6N2O2/c11-7-3-8(12)10-6-4-9-2-1-5(6)7/h1-2,4H,3H2,(H,10,12). The van der Waals surface area contributed by atoms with Crippen molar-refractivity contribution in [3.63, 3.8) is 0 Å². The summed E-state index contributed by atoms with van der Waals surface area (Å²) in [5, 5.41) is 2.57. The Kier molecular flexibility index (Phi) is 1.40. The highest BCUT2D eigenvalue weighted by atomic mass is 16.2. The molecule has 1 aromatic rings. The number of amides is 1. The van der Waals surface area contributed by atoms with Gasteiger partial charge in [-0.25, -0.2) is 0 Å². The molecule has 1 aliphatic heterocycles. The van der Waals surface area contributed by atoms with Gasteiger partial charge in [-0.15, -0.1) is 0 Å². The van der Waals surface area contributed by atoms with Gasteiger partial charge in [-0.2, -0.15) is 0 Å². The number of nitrogens with zero attached hydrogens (tertiary/aromatic N) is 1. The van der Waals surface area contributed by atoms with Crippen LogP contribution in [0.1, 0.15) is 16.8 Å². The van der Waals surface area contributed by atoms with Gasteiger partial charge in [0.25, 0.3) is 0 Å². The van der Waals surface area contributed by atoms with Gasteiger partial charge in [0.15, 0.2) is 5.78 Å². The smallest absolute Gasteiger partial charge is 0.232 e. The Morgan fingerprint density at radius 2 is 2.25 bits per heavy atom. The molecule has 1 aromatic heterocycles. The molecule has 0 bridgehead atoms. The maximum absolute atomic E-state index is 11.2. The Bertz CT molecular complexity index is 360. The van der Waals surface area contributed by atoms with Crippen molar-refractivity contribution >= 4 is 17.4 Å². The number of fused-ring (bicyclic) bond motifs is 1. The number of carbonyl (C=O) groups is 2. The summed E-state index contributed by atoms with van der Waals surface area (Å²) in [5.74, 6) is -0.406. The van der Waals surface area contributed by atoms with E-state index >= 15 is 0 Å². The maximum Gasteiger partial charge on any atom is 0.232 e. The molecule has 0 aromatic carbocycles. The summed E-state index contributed by atoms with van der Waals surface area (Å²) in [6.45, 7) is 0. The molecule has 1 aliphatic rings. The van der Waals surface area contributed by atoms with Crippen LogP contribution in [-0.2, 0) is 4.79 Å². The predicted octanol–water partition coefficient (Wildman–Crippen LogP) is 0.607. The number of hydrogen-bond acceptors (Lipinski definition) is 3. The monoisotopic (exact) mass is 162 g/mol. The van der Waals surface area contributed by atoms with E-state index in [2.05, 4.69) is 10.3 Å². The molecule has 60 valence electrons. The number of Topliss-reactive ketones (excluding diaryl/α,β-unsaturated/α-hetero) is 1. The highest BCUT2D eigenvalue weighted by molar-refractivity contribution is 6.18. The van der Waals surface area contributed by atoms with Crippen LogP contribution in [0.4, 0.5) is 5.69 Å². The first kappa shape index (κ1) is 6.97. The highest BCUT2D eigenvalue weighted by Crippen LogP contribution is 2.19. The largest absolute Gasteiger partial charge is 0.324 e. The van der Waals surface area contributed by atoms with Gasteiger partial charge in [0, 0.05) is 11.8 Å². The van der Waals surface area contributed by atoms with Crippen LogP contribution in [0.15, 0.2) is 18.5 Å². The van der Waals surface area contributed by atoms with Crippen LogP contribution in [-0.4, -0.2) is 16.7 Å². The Balaban J connectivity index is 2.54. The fraction of sp³-hybridized carbons (Fsp3) is 0.125. The summed E-state index contributed by atoms with van der Waals surface area (Å²) >= 11 is 0. The van der Waals surface area contributed by atoms with Crippen molar-refractivity contribution in [3.05, 3.63) is 24.0 Å². The zero-order valence-corrected chi connectivity index (χ0v) is 6.20. The Hall–Kier alpha value is -1.71. The van der Waals surface area contributed by atoms with Crippen LogP contribution >= 0.6 is 0 Å². The molecule has 2 heterocycles. The lowest BCUT2D eigenvalue weighted by Crippen LogP contribution is -2.23. The van der Waals surface area contributed by atoms with Crippen LogP contribution in [0.2, 0.25) is 0 Å². The Labute approximate surface area is 68.6 Å². The number of nitrogens with one attached hydrogen (secondary N) is 1. The van der Waals surface area contributed by atoms with Gasteiger partial charge < -0.3 is 5.32 Å². The molecule has 4 nitrogen and oxygen atoms in total. The number of carbonyl (C=O) groups excluding carboxylic acids is 2. The molecule has 12 heavy (non-hydrogen) atoms.